The van der Waals surface area contributed by atoms with E-state index in [9.17, 15) is 14.4 Å². The number of ether oxygens (including phenoxy) is 2. The van der Waals surface area contributed by atoms with Crippen LogP contribution in [0.15, 0.2) is 42.6 Å². The Kier molecular flexibility index (Phi) is 9.41. The van der Waals surface area contributed by atoms with Gasteiger partial charge in [0.1, 0.15) is 12.4 Å². The van der Waals surface area contributed by atoms with E-state index in [0.29, 0.717) is 42.2 Å². The highest BCUT2D eigenvalue weighted by Crippen LogP contribution is 2.27. The molecule has 194 valence electrons. The molecule has 3 amide bonds. The summed E-state index contributed by atoms with van der Waals surface area (Å²) in [5, 5.41) is 2.81. The van der Waals surface area contributed by atoms with Crippen LogP contribution in [-0.2, 0) is 20.7 Å². The smallest absolute Gasteiger partial charge is 0.257 e. The first-order valence-electron chi connectivity index (χ1n) is 12.3. The number of anilines is 1. The topological polar surface area (TPSA) is 101 Å². The molecule has 2 aromatic rings. The molecule has 0 fully saturated rings. The van der Waals surface area contributed by atoms with Crippen LogP contribution in [0.4, 0.5) is 5.69 Å². The van der Waals surface area contributed by atoms with Gasteiger partial charge >= 0.3 is 0 Å². The molecular formula is C27H36N4O5. The van der Waals surface area contributed by atoms with E-state index >= 15 is 0 Å². The Morgan fingerprint density at radius 1 is 1.19 bits per heavy atom. The van der Waals surface area contributed by atoms with E-state index in [1.807, 2.05) is 32.0 Å². The van der Waals surface area contributed by atoms with Gasteiger partial charge in [-0.15, -0.1) is 0 Å². The van der Waals surface area contributed by atoms with Crippen LogP contribution in [0.2, 0.25) is 0 Å². The number of carbonyl (C=O) groups is 3. The molecule has 1 aromatic carbocycles. The van der Waals surface area contributed by atoms with E-state index in [1.54, 1.807) is 55.3 Å². The number of amides is 3. The molecule has 1 N–H and O–H groups in total. The fraction of sp³-hybridized carbons (Fsp3) is 0.481. The van der Waals surface area contributed by atoms with Crippen molar-refractivity contribution in [3.8, 4) is 5.75 Å². The quantitative estimate of drug-likeness (QED) is 0.683. The van der Waals surface area contributed by atoms with Crippen LogP contribution in [0.1, 0.15) is 43.2 Å². The molecule has 9 nitrogen and oxygen atoms in total. The zero-order chi connectivity index (χ0) is 26.2. The van der Waals surface area contributed by atoms with E-state index in [2.05, 4.69) is 10.3 Å². The van der Waals surface area contributed by atoms with E-state index in [-0.39, 0.29) is 48.8 Å². The summed E-state index contributed by atoms with van der Waals surface area (Å²) in [6, 6.07) is 10.2. The fourth-order valence-corrected chi connectivity index (χ4v) is 4.21. The Hall–Kier alpha value is -3.46. The van der Waals surface area contributed by atoms with Crippen molar-refractivity contribution < 1.29 is 23.9 Å². The zero-order valence-corrected chi connectivity index (χ0v) is 21.7. The second-order valence-corrected chi connectivity index (χ2v) is 9.25. The number of rotatable bonds is 5. The second-order valence-electron chi connectivity index (χ2n) is 9.25. The molecule has 36 heavy (non-hydrogen) atoms. The number of nitrogens with one attached hydrogen (secondary N) is 1. The summed E-state index contributed by atoms with van der Waals surface area (Å²) in [6.45, 7) is 6.67. The minimum atomic E-state index is -0.282. The monoisotopic (exact) mass is 496 g/mol. The van der Waals surface area contributed by atoms with Gasteiger partial charge in [-0.1, -0.05) is 19.9 Å². The van der Waals surface area contributed by atoms with Gasteiger partial charge in [0.2, 0.25) is 11.8 Å². The van der Waals surface area contributed by atoms with Crippen molar-refractivity contribution in [3.63, 3.8) is 0 Å². The summed E-state index contributed by atoms with van der Waals surface area (Å²) in [6.07, 6.45) is 1.91. The molecule has 3 atom stereocenters. The van der Waals surface area contributed by atoms with Crippen molar-refractivity contribution in [2.24, 2.45) is 5.92 Å². The first-order chi connectivity index (χ1) is 17.2. The summed E-state index contributed by atoms with van der Waals surface area (Å²) in [7, 11) is 3.34. The minimum Gasteiger partial charge on any atom is -0.491 e. The maximum absolute atomic E-state index is 13.4. The van der Waals surface area contributed by atoms with E-state index < -0.39 is 0 Å². The number of pyridine rings is 1. The number of nitrogens with zero attached hydrogens (tertiary/aromatic N) is 3. The Morgan fingerprint density at radius 2 is 1.97 bits per heavy atom. The molecule has 0 radical (unpaired) electrons. The first kappa shape index (κ1) is 27.1. The summed E-state index contributed by atoms with van der Waals surface area (Å²) in [4.78, 5) is 46.3. The Morgan fingerprint density at radius 3 is 2.64 bits per heavy atom. The zero-order valence-electron chi connectivity index (χ0n) is 21.7. The largest absolute Gasteiger partial charge is 0.491 e. The molecule has 2 heterocycles. The standard InChI is InChI=1S/C27H36N4O5/c1-6-25(32)29-21-10-11-22-23(13-21)36-17-19(3)31(26(33)14-20-9-7-8-12-28-20)15-18(2)24(35-5)16-30(4)27(22)34/h7-13,18-19,24H,6,14-17H2,1-5H3,(H,29,32)/t18-,19-,24+/m0/s1. The minimum absolute atomic E-state index is 0.0362. The lowest BCUT2D eigenvalue weighted by Gasteiger charge is -2.36. The average Bonchev–Trinajstić information content (AvgIpc) is 2.88. The maximum Gasteiger partial charge on any atom is 0.257 e. The van der Waals surface area contributed by atoms with Gasteiger partial charge in [0.05, 0.1) is 24.1 Å². The summed E-state index contributed by atoms with van der Waals surface area (Å²) in [5.74, 6) is -0.0810. The molecule has 1 aliphatic heterocycles. The van der Waals surface area contributed by atoms with Crippen molar-refractivity contribution >= 4 is 23.4 Å². The Labute approximate surface area is 212 Å². The fourth-order valence-electron chi connectivity index (χ4n) is 4.21. The van der Waals surface area contributed by atoms with Crippen LogP contribution in [0, 0.1) is 5.92 Å². The Balaban J connectivity index is 1.94. The van der Waals surface area contributed by atoms with Crippen molar-refractivity contribution in [1.29, 1.82) is 0 Å². The maximum atomic E-state index is 13.4. The molecule has 3 rings (SSSR count). The molecule has 9 heteroatoms. The van der Waals surface area contributed by atoms with Gasteiger partial charge in [-0.2, -0.15) is 0 Å². The van der Waals surface area contributed by atoms with Crippen LogP contribution in [-0.4, -0.2) is 78.5 Å². The number of aromatic nitrogens is 1. The molecule has 1 aromatic heterocycles. The van der Waals surface area contributed by atoms with Gasteiger partial charge < -0.3 is 24.6 Å². The third kappa shape index (κ3) is 6.81. The van der Waals surface area contributed by atoms with Gasteiger partial charge in [-0.3, -0.25) is 19.4 Å². The summed E-state index contributed by atoms with van der Waals surface area (Å²) < 4.78 is 11.9. The number of hydrogen-bond acceptors (Lipinski definition) is 6. The molecule has 0 spiro atoms. The van der Waals surface area contributed by atoms with Crippen LogP contribution in [0.5, 0.6) is 5.75 Å². The number of likely N-dealkylation sites (N-methyl/N-ethyl adjacent to an activating group) is 1. The van der Waals surface area contributed by atoms with Crippen molar-refractivity contribution in [1.82, 2.24) is 14.8 Å². The number of benzene rings is 1. The molecule has 0 saturated carbocycles. The van der Waals surface area contributed by atoms with Gasteiger partial charge in [0, 0.05) is 63.2 Å². The third-order valence-corrected chi connectivity index (χ3v) is 6.43. The summed E-state index contributed by atoms with van der Waals surface area (Å²) >= 11 is 0. The van der Waals surface area contributed by atoms with E-state index in [1.165, 1.54) is 0 Å². The first-order valence-corrected chi connectivity index (χ1v) is 12.3. The predicted molar refractivity (Wildman–Crippen MR) is 137 cm³/mol. The van der Waals surface area contributed by atoms with Crippen LogP contribution in [0.3, 0.4) is 0 Å². The van der Waals surface area contributed by atoms with Gasteiger partial charge in [0.25, 0.3) is 5.91 Å². The van der Waals surface area contributed by atoms with Gasteiger partial charge in [-0.25, -0.2) is 0 Å². The second kappa shape index (κ2) is 12.5. The molecule has 1 aliphatic rings. The highest BCUT2D eigenvalue weighted by Gasteiger charge is 2.30. The molecule has 0 saturated heterocycles. The predicted octanol–water partition coefficient (Wildman–Crippen LogP) is 3.01. The van der Waals surface area contributed by atoms with Crippen molar-refractivity contribution in [3.05, 3.63) is 53.9 Å². The van der Waals surface area contributed by atoms with Crippen LogP contribution in [0.25, 0.3) is 0 Å². The number of fused-ring (bicyclic) bond motifs is 1. The van der Waals surface area contributed by atoms with Gasteiger partial charge in [0.15, 0.2) is 0 Å². The summed E-state index contributed by atoms with van der Waals surface area (Å²) in [5.41, 5.74) is 1.63. The van der Waals surface area contributed by atoms with E-state index in [4.69, 9.17) is 9.47 Å². The molecule has 0 aliphatic carbocycles. The van der Waals surface area contributed by atoms with Crippen molar-refractivity contribution in [2.45, 2.75) is 45.8 Å². The van der Waals surface area contributed by atoms with E-state index in [0.717, 1.165) is 0 Å². The number of methoxy groups -OCH3 is 1. The lowest BCUT2D eigenvalue weighted by molar-refractivity contribution is -0.134. The van der Waals surface area contributed by atoms with Crippen LogP contribution < -0.4 is 10.1 Å². The lowest BCUT2D eigenvalue weighted by atomic mass is 10.0. The number of hydrogen-bond donors (Lipinski definition) is 1. The molecule has 0 unspecified atom stereocenters. The highest BCUT2D eigenvalue weighted by atomic mass is 16.5. The van der Waals surface area contributed by atoms with Gasteiger partial charge in [-0.05, 0) is 31.2 Å². The lowest BCUT2D eigenvalue weighted by Crippen LogP contribution is -2.49. The molecule has 0 bridgehead atoms. The van der Waals surface area contributed by atoms with Crippen molar-refractivity contribution in [2.75, 3.05) is 39.2 Å². The normalized spacial score (nSPS) is 21.0. The average molecular weight is 497 g/mol. The van der Waals surface area contributed by atoms with Crippen LogP contribution >= 0.6 is 0 Å². The Bertz CT molecular complexity index is 1060. The molecular weight excluding hydrogens is 460 g/mol. The number of carbonyl (C=O) groups excluding carboxylic acids is 3. The highest BCUT2D eigenvalue weighted by molar-refractivity contribution is 5.98. The SMILES string of the molecule is CCC(=O)Nc1ccc2c(c1)OC[C@H](C)N(C(=O)Cc1ccccn1)C[C@H](C)[C@H](OC)CN(C)C2=O. The third-order valence-electron chi connectivity index (χ3n) is 6.43.